The molecule has 0 unspecified atom stereocenters. The van der Waals surface area contributed by atoms with Crippen molar-refractivity contribution in [2.45, 2.75) is 45.2 Å². The smallest absolute Gasteiger partial charge is 0.343 e. The fourth-order valence-corrected chi connectivity index (χ4v) is 5.83. The molecule has 39 heavy (non-hydrogen) atoms. The van der Waals surface area contributed by atoms with Crippen LogP contribution in [0.3, 0.4) is 0 Å². The summed E-state index contributed by atoms with van der Waals surface area (Å²) in [7, 11) is 0. The Morgan fingerprint density at radius 2 is 1.90 bits per heavy atom. The number of benzene rings is 1. The van der Waals surface area contributed by atoms with Gasteiger partial charge in [-0.2, -0.15) is 0 Å². The summed E-state index contributed by atoms with van der Waals surface area (Å²) < 4.78 is 20.5. The van der Waals surface area contributed by atoms with Gasteiger partial charge in [0.2, 0.25) is 0 Å². The zero-order chi connectivity index (χ0) is 26.9. The lowest BCUT2D eigenvalue weighted by atomic mass is 9.86. The molecular formula is C29H26N3O7+. The molecule has 1 atom stereocenters. The molecule has 10 nitrogen and oxygen atoms in total. The predicted molar refractivity (Wildman–Crippen MR) is 137 cm³/mol. The maximum absolute atomic E-state index is 13.7. The zero-order valence-corrected chi connectivity index (χ0v) is 21.3. The number of hydrogen-bond acceptors (Lipinski definition) is 8. The Labute approximate surface area is 222 Å². The SMILES string of the molecule is CC[C@@]1(O)C(=O)OCc2c1cc1n(c2=O)Cc2c-1nc1cc3c(cc1c2C[n+]1cccc(CO)c1)OCCO3. The number of nitrogens with zero attached hydrogens (tertiary/aromatic N) is 3. The van der Waals surface area contributed by atoms with Crippen LogP contribution in [-0.4, -0.2) is 38.9 Å². The first-order chi connectivity index (χ1) is 18.9. The van der Waals surface area contributed by atoms with E-state index in [9.17, 15) is 19.8 Å². The van der Waals surface area contributed by atoms with Crippen LogP contribution in [0.15, 0.2) is 47.5 Å². The number of rotatable bonds is 4. The van der Waals surface area contributed by atoms with Gasteiger partial charge < -0.3 is 29.0 Å². The van der Waals surface area contributed by atoms with Gasteiger partial charge in [-0.05, 0) is 24.6 Å². The summed E-state index contributed by atoms with van der Waals surface area (Å²) in [5.41, 5.74) is 2.79. The molecule has 7 rings (SSSR count). The number of hydrogen-bond donors (Lipinski definition) is 2. The van der Waals surface area contributed by atoms with Gasteiger partial charge in [-0.3, -0.25) is 4.79 Å². The lowest BCUT2D eigenvalue weighted by Crippen LogP contribution is -2.44. The molecule has 4 aromatic rings. The molecule has 0 saturated heterocycles. The van der Waals surface area contributed by atoms with E-state index in [2.05, 4.69) is 0 Å². The first kappa shape index (κ1) is 23.8. The van der Waals surface area contributed by atoms with Crippen LogP contribution in [0.4, 0.5) is 0 Å². The topological polar surface area (TPSA) is 124 Å². The van der Waals surface area contributed by atoms with Crippen LogP contribution in [0.5, 0.6) is 11.5 Å². The quantitative estimate of drug-likeness (QED) is 0.267. The van der Waals surface area contributed by atoms with E-state index in [0.29, 0.717) is 48.2 Å². The molecule has 0 spiro atoms. The van der Waals surface area contributed by atoms with Crippen LogP contribution in [0.2, 0.25) is 0 Å². The Bertz CT molecular complexity index is 1760. The van der Waals surface area contributed by atoms with Crippen molar-refractivity contribution in [3.05, 3.63) is 80.9 Å². The van der Waals surface area contributed by atoms with Crippen molar-refractivity contribution in [3.8, 4) is 22.9 Å². The maximum Gasteiger partial charge on any atom is 0.343 e. The van der Waals surface area contributed by atoms with E-state index in [1.165, 1.54) is 0 Å². The summed E-state index contributed by atoms with van der Waals surface area (Å²) in [5, 5.41) is 21.8. The first-order valence-corrected chi connectivity index (χ1v) is 12.9. The molecule has 6 heterocycles. The zero-order valence-electron chi connectivity index (χ0n) is 21.3. The standard InChI is InChI=1S/C29H26N3O7/c1-2-29(36)21-9-23-26-19(13-32(23)27(34)20(21)15-39-28(29)35)18(12-31-5-3-4-16(11-31)14-33)17-8-24-25(10-22(17)30-26)38-7-6-37-24/h3-5,8-11,33,36H,2,6-7,12-15H2,1H3/q+1/t29-/m0/s1. The number of pyridine rings is 3. The second kappa shape index (κ2) is 8.62. The van der Waals surface area contributed by atoms with Crippen molar-refractivity contribution in [1.82, 2.24) is 9.55 Å². The predicted octanol–water partition coefficient (Wildman–Crippen LogP) is 1.68. The number of fused-ring (bicyclic) bond motifs is 6. The summed E-state index contributed by atoms with van der Waals surface area (Å²) in [6, 6.07) is 9.23. The van der Waals surface area contributed by atoms with Crippen LogP contribution in [0, 0.1) is 0 Å². The largest absolute Gasteiger partial charge is 0.486 e. The van der Waals surface area contributed by atoms with Gasteiger partial charge in [0, 0.05) is 39.8 Å². The van der Waals surface area contributed by atoms with Gasteiger partial charge in [0.05, 0.1) is 35.6 Å². The number of carbonyl (C=O) groups excluding carboxylic acids is 1. The van der Waals surface area contributed by atoms with Gasteiger partial charge in [-0.25, -0.2) is 14.3 Å². The lowest BCUT2D eigenvalue weighted by molar-refractivity contribution is -0.688. The number of aliphatic hydroxyl groups excluding tert-OH is 1. The third-order valence-corrected chi connectivity index (χ3v) is 7.91. The Balaban J connectivity index is 1.49. The van der Waals surface area contributed by atoms with E-state index in [0.717, 1.165) is 22.1 Å². The summed E-state index contributed by atoms with van der Waals surface area (Å²) in [4.78, 5) is 31.2. The molecule has 3 aliphatic rings. The average molecular weight is 529 g/mol. The molecule has 0 radical (unpaired) electrons. The molecule has 0 amide bonds. The highest BCUT2D eigenvalue weighted by Crippen LogP contribution is 2.42. The van der Waals surface area contributed by atoms with Gasteiger partial charge in [0.15, 0.2) is 36.0 Å². The van der Waals surface area contributed by atoms with Crippen LogP contribution in [0.1, 0.15) is 41.2 Å². The normalized spacial score (nSPS) is 18.9. The highest BCUT2D eigenvalue weighted by atomic mass is 16.6. The van der Waals surface area contributed by atoms with E-state index in [-0.39, 0.29) is 42.9 Å². The summed E-state index contributed by atoms with van der Waals surface area (Å²) >= 11 is 0. The summed E-state index contributed by atoms with van der Waals surface area (Å²) in [6.45, 7) is 3.05. The van der Waals surface area contributed by atoms with Crippen molar-refractivity contribution in [3.63, 3.8) is 0 Å². The van der Waals surface area contributed by atoms with Crippen molar-refractivity contribution >= 4 is 16.9 Å². The molecule has 0 aliphatic carbocycles. The molecule has 1 aromatic carbocycles. The Hall–Kier alpha value is -4.28. The van der Waals surface area contributed by atoms with Crippen LogP contribution in [0.25, 0.3) is 22.3 Å². The second-order valence-corrected chi connectivity index (χ2v) is 10.1. The van der Waals surface area contributed by atoms with Gasteiger partial charge >= 0.3 is 5.97 Å². The summed E-state index contributed by atoms with van der Waals surface area (Å²) in [6.07, 6.45) is 3.88. The van der Waals surface area contributed by atoms with Crippen molar-refractivity contribution in [2.24, 2.45) is 0 Å². The summed E-state index contributed by atoms with van der Waals surface area (Å²) in [5.74, 6) is 0.486. The van der Waals surface area contributed by atoms with E-state index in [1.54, 1.807) is 17.6 Å². The molecule has 0 saturated carbocycles. The van der Waals surface area contributed by atoms with E-state index >= 15 is 0 Å². The van der Waals surface area contributed by atoms with Crippen molar-refractivity contribution in [2.75, 3.05) is 13.2 Å². The first-order valence-electron chi connectivity index (χ1n) is 12.9. The fourth-order valence-electron chi connectivity index (χ4n) is 5.83. The molecule has 10 heteroatoms. The Kier molecular flexibility index (Phi) is 5.26. The van der Waals surface area contributed by atoms with Gasteiger partial charge in [-0.1, -0.05) is 6.92 Å². The van der Waals surface area contributed by atoms with E-state index in [4.69, 9.17) is 19.2 Å². The third kappa shape index (κ3) is 3.48. The number of ether oxygens (including phenoxy) is 3. The molecule has 0 bridgehead atoms. The minimum atomic E-state index is -1.89. The number of esters is 1. The number of aromatic nitrogens is 3. The van der Waals surface area contributed by atoms with E-state index < -0.39 is 11.6 Å². The van der Waals surface area contributed by atoms with Gasteiger partial charge in [-0.15, -0.1) is 0 Å². The maximum atomic E-state index is 13.7. The lowest BCUT2D eigenvalue weighted by Gasteiger charge is -2.31. The van der Waals surface area contributed by atoms with Crippen molar-refractivity contribution < 1.29 is 33.8 Å². The highest BCUT2D eigenvalue weighted by Gasteiger charge is 2.45. The molecular weight excluding hydrogens is 502 g/mol. The minimum Gasteiger partial charge on any atom is -0.486 e. The second-order valence-electron chi connectivity index (χ2n) is 10.1. The molecule has 198 valence electrons. The minimum absolute atomic E-state index is 0.0757. The molecule has 3 aliphatic heterocycles. The Morgan fingerprint density at radius 3 is 2.67 bits per heavy atom. The fraction of sp³-hybridized carbons (Fsp3) is 0.310. The Morgan fingerprint density at radius 1 is 1.10 bits per heavy atom. The number of carbonyl (C=O) groups is 1. The van der Waals surface area contributed by atoms with Crippen LogP contribution in [-0.2, 0) is 41.4 Å². The third-order valence-electron chi connectivity index (χ3n) is 7.91. The monoisotopic (exact) mass is 528 g/mol. The highest BCUT2D eigenvalue weighted by molar-refractivity contribution is 5.91. The molecule has 2 N–H and O–H groups in total. The molecule has 0 fully saturated rings. The van der Waals surface area contributed by atoms with Gasteiger partial charge in [0.25, 0.3) is 5.56 Å². The number of cyclic esters (lactones) is 1. The van der Waals surface area contributed by atoms with Gasteiger partial charge in [0.1, 0.15) is 19.8 Å². The van der Waals surface area contributed by atoms with E-state index in [1.807, 2.05) is 41.2 Å². The van der Waals surface area contributed by atoms with Crippen molar-refractivity contribution in [1.29, 1.82) is 0 Å². The average Bonchev–Trinajstić information content (AvgIpc) is 3.33. The molecule has 3 aromatic heterocycles. The van der Waals surface area contributed by atoms with Crippen LogP contribution < -0.4 is 19.6 Å². The number of aliphatic hydroxyl groups is 2. The van der Waals surface area contributed by atoms with Crippen LogP contribution >= 0.6 is 0 Å².